The van der Waals surface area contributed by atoms with Crippen molar-refractivity contribution in [1.29, 1.82) is 0 Å². The second-order valence-electron chi connectivity index (χ2n) is 2.75. The minimum Gasteiger partial charge on any atom is -0.295 e. The van der Waals surface area contributed by atoms with Gasteiger partial charge in [0.05, 0.1) is 5.56 Å². The zero-order valence-electron chi connectivity index (χ0n) is 7.15. The third-order valence-corrected chi connectivity index (χ3v) is 2.62. The van der Waals surface area contributed by atoms with E-state index in [9.17, 15) is 18.0 Å². The molecule has 0 spiro atoms. The maximum Gasteiger partial charge on any atom is 0.417 e. The first-order valence-corrected chi connectivity index (χ1v) is 4.78. The van der Waals surface area contributed by atoms with Gasteiger partial charge >= 0.3 is 6.18 Å². The average Bonchev–Trinajstić information content (AvgIpc) is 2.02. The van der Waals surface area contributed by atoms with Gasteiger partial charge < -0.3 is 0 Å². The van der Waals surface area contributed by atoms with Crippen LogP contribution in [0, 0.1) is 3.57 Å². The fourth-order valence-electron chi connectivity index (χ4n) is 0.962. The fraction of sp³-hybridized carbons (Fsp3) is 0.222. The highest BCUT2D eigenvalue weighted by molar-refractivity contribution is 14.1. The molecule has 0 unspecified atom stereocenters. The number of carbonyl (C=O) groups is 1. The van der Waals surface area contributed by atoms with Crippen molar-refractivity contribution in [3.05, 3.63) is 32.9 Å². The van der Waals surface area contributed by atoms with Gasteiger partial charge in [0.2, 0.25) is 0 Å². The second-order valence-corrected chi connectivity index (χ2v) is 3.91. The molecule has 0 aliphatic heterocycles. The maximum absolute atomic E-state index is 12.4. The molecule has 0 saturated heterocycles. The van der Waals surface area contributed by atoms with E-state index in [1.165, 1.54) is 19.1 Å². The van der Waals surface area contributed by atoms with Gasteiger partial charge in [-0.1, -0.05) is 6.07 Å². The lowest BCUT2D eigenvalue weighted by Crippen LogP contribution is -2.09. The van der Waals surface area contributed by atoms with Crippen molar-refractivity contribution >= 4 is 28.4 Å². The SMILES string of the molecule is CC(=O)c1ccc(I)c(C(F)(F)F)c1. The lowest BCUT2D eigenvalue weighted by molar-refractivity contribution is -0.138. The number of carbonyl (C=O) groups excluding carboxylic acids is 1. The molecule has 1 rings (SSSR count). The molecule has 0 bridgehead atoms. The Balaban J connectivity index is 3.29. The van der Waals surface area contributed by atoms with Crippen molar-refractivity contribution < 1.29 is 18.0 Å². The van der Waals surface area contributed by atoms with Crippen molar-refractivity contribution in [2.75, 3.05) is 0 Å². The summed E-state index contributed by atoms with van der Waals surface area (Å²) >= 11 is 1.59. The van der Waals surface area contributed by atoms with Crippen LogP contribution in [-0.2, 0) is 6.18 Å². The quantitative estimate of drug-likeness (QED) is 0.573. The molecule has 14 heavy (non-hydrogen) atoms. The molecule has 0 aliphatic carbocycles. The van der Waals surface area contributed by atoms with E-state index in [1.807, 2.05) is 0 Å². The van der Waals surface area contributed by atoms with Crippen molar-refractivity contribution in [1.82, 2.24) is 0 Å². The lowest BCUT2D eigenvalue weighted by atomic mass is 10.1. The standard InChI is InChI=1S/C9H6F3IO/c1-5(14)6-2-3-8(13)7(4-6)9(10,11)12/h2-4H,1H3. The third-order valence-electron chi connectivity index (χ3n) is 1.68. The van der Waals surface area contributed by atoms with E-state index in [1.54, 1.807) is 22.6 Å². The Morgan fingerprint density at radius 1 is 1.36 bits per heavy atom. The molecule has 1 nitrogen and oxygen atoms in total. The summed E-state index contributed by atoms with van der Waals surface area (Å²) in [5, 5.41) is 0. The number of Topliss-reactive ketones (excluding diaryl/α,β-unsaturated/α-hetero) is 1. The van der Waals surface area contributed by atoms with Gasteiger partial charge in [-0.05, 0) is 41.6 Å². The van der Waals surface area contributed by atoms with Crippen LogP contribution < -0.4 is 0 Å². The molecule has 0 saturated carbocycles. The Kier molecular flexibility index (Phi) is 3.18. The van der Waals surface area contributed by atoms with Crippen molar-refractivity contribution in [3.8, 4) is 0 Å². The summed E-state index contributed by atoms with van der Waals surface area (Å²) in [7, 11) is 0. The van der Waals surface area contributed by atoms with E-state index in [4.69, 9.17) is 0 Å². The first-order chi connectivity index (χ1) is 6.32. The summed E-state index contributed by atoms with van der Waals surface area (Å²) in [5.74, 6) is -0.369. The molecule has 1 aromatic carbocycles. The van der Waals surface area contributed by atoms with Gasteiger partial charge in [-0.15, -0.1) is 0 Å². The van der Waals surface area contributed by atoms with Crippen molar-refractivity contribution in [2.45, 2.75) is 13.1 Å². The van der Waals surface area contributed by atoms with E-state index < -0.39 is 11.7 Å². The van der Waals surface area contributed by atoms with Crippen molar-refractivity contribution in [3.63, 3.8) is 0 Å². The summed E-state index contributed by atoms with van der Waals surface area (Å²) in [6, 6.07) is 3.56. The minimum absolute atomic E-state index is 0.0812. The molecule has 0 amide bonds. The predicted molar refractivity (Wildman–Crippen MR) is 54.2 cm³/mol. The molecule has 0 radical (unpaired) electrons. The molecule has 0 N–H and O–H groups in total. The largest absolute Gasteiger partial charge is 0.417 e. The normalized spacial score (nSPS) is 11.5. The number of hydrogen-bond acceptors (Lipinski definition) is 1. The summed E-state index contributed by atoms with van der Waals surface area (Å²) in [6.07, 6.45) is -4.40. The number of rotatable bonds is 1. The zero-order chi connectivity index (χ0) is 10.9. The number of benzene rings is 1. The van der Waals surface area contributed by atoms with Gasteiger partial charge in [0.1, 0.15) is 0 Å². The Morgan fingerprint density at radius 2 is 1.93 bits per heavy atom. The Hall–Kier alpha value is -0.590. The Labute approximate surface area is 92.4 Å². The second kappa shape index (κ2) is 3.88. The molecular weight excluding hydrogens is 308 g/mol. The van der Waals surface area contributed by atoms with Gasteiger partial charge in [-0.2, -0.15) is 13.2 Å². The molecule has 5 heteroatoms. The van der Waals surface area contributed by atoms with Gasteiger partial charge in [-0.3, -0.25) is 4.79 Å². The van der Waals surface area contributed by atoms with Crippen LogP contribution in [0.15, 0.2) is 18.2 Å². The monoisotopic (exact) mass is 314 g/mol. The molecule has 76 valence electrons. The molecule has 0 atom stereocenters. The van der Waals surface area contributed by atoms with Crippen LogP contribution in [0.1, 0.15) is 22.8 Å². The maximum atomic E-state index is 12.4. The summed E-state index contributed by atoms with van der Waals surface area (Å²) < 4.78 is 37.2. The fourth-order valence-corrected chi connectivity index (χ4v) is 1.60. The van der Waals surface area contributed by atoms with E-state index >= 15 is 0 Å². The van der Waals surface area contributed by atoms with Crippen LogP contribution in [0.3, 0.4) is 0 Å². The van der Waals surface area contributed by atoms with Crippen LogP contribution in [0.5, 0.6) is 0 Å². The van der Waals surface area contributed by atoms with Crippen LogP contribution >= 0.6 is 22.6 Å². The predicted octanol–water partition coefficient (Wildman–Crippen LogP) is 3.51. The van der Waals surface area contributed by atoms with Crippen molar-refractivity contribution in [2.24, 2.45) is 0 Å². The van der Waals surface area contributed by atoms with Crippen LogP contribution in [0.4, 0.5) is 13.2 Å². The first-order valence-electron chi connectivity index (χ1n) is 3.70. The smallest absolute Gasteiger partial charge is 0.295 e. The van der Waals surface area contributed by atoms with Gasteiger partial charge in [-0.25, -0.2) is 0 Å². The number of ketones is 1. The Bertz CT molecular complexity index is 371. The minimum atomic E-state index is -4.40. The average molecular weight is 314 g/mol. The van der Waals surface area contributed by atoms with Gasteiger partial charge in [0.15, 0.2) is 5.78 Å². The summed E-state index contributed by atoms with van der Waals surface area (Å²) in [4.78, 5) is 10.9. The Morgan fingerprint density at radius 3 is 2.36 bits per heavy atom. The molecule has 0 heterocycles. The number of halogens is 4. The lowest BCUT2D eigenvalue weighted by Gasteiger charge is -2.09. The molecular formula is C9H6F3IO. The molecule has 1 aromatic rings. The van der Waals surface area contributed by atoms with E-state index in [0.29, 0.717) is 0 Å². The third kappa shape index (κ3) is 2.46. The molecule has 0 aliphatic rings. The topological polar surface area (TPSA) is 17.1 Å². The van der Waals surface area contributed by atoms with Gasteiger partial charge in [0, 0.05) is 9.13 Å². The van der Waals surface area contributed by atoms with Crippen LogP contribution in [0.25, 0.3) is 0 Å². The van der Waals surface area contributed by atoms with Gasteiger partial charge in [0.25, 0.3) is 0 Å². The van der Waals surface area contributed by atoms with Crippen LogP contribution in [-0.4, -0.2) is 5.78 Å². The number of alkyl halides is 3. The molecule has 0 aromatic heterocycles. The first kappa shape index (κ1) is 11.5. The summed E-state index contributed by atoms with van der Waals surface area (Å²) in [6.45, 7) is 1.24. The zero-order valence-corrected chi connectivity index (χ0v) is 9.31. The number of hydrogen-bond donors (Lipinski definition) is 0. The molecule has 0 fully saturated rings. The van der Waals surface area contributed by atoms with E-state index in [2.05, 4.69) is 0 Å². The van der Waals surface area contributed by atoms with Crippen LogP contribution in [0.2, 0.25) is 0 Å². The highest BCUT2D eigenvalue weighted by atomic mass is 127. The van der Waals surface area contributed by atoms with E-state index in [-0.39, 0.29) is 14.9 Å². The van der Waals surface area contributed by atoms with E-state index in [0.717, 1.165) is 6.07 Å². The summed E-state index contributed by atoms with van der Waals surface area (Å²) in [5.41, 5.74) is -0.677. The highest BCUT2D eigenvalue weighted by Crippen LogP contribution is 2.33. The highest BCUT2D eigenvalue weighted by Gasteiger charge is 2.33.